The number of rotatable bonds is 18. The molecule has 1 saturated heterocycles. The molecule has 1 aromatic heterocycles. The Hall–Kier alpha value is -3.89. The molecule has 1 aliphatic heterocycles. The molecule has 0 radical (unpaired) electrons. The topological polar surface area (TPSA) is 51.6 Å². The normalized spacial score (nSPS) is 14.7. The fraction of sp³-hybridized carbons (Fsp3) is 0.447. The van der Waals surface area contributed by atoms with Crippen molar-refractivity contribution < 1.29 is 27.0 Å². The van der Waals surface area contributed by atoms with Crippen molar-refractivity contribution in [3.05, 3.63) is 96.4 Å². The smallest absolute Gasteiger partial charge is 0.419 e. The number of benzene rings is 2. The number of alkyl halides is 3. The van der Waals surface area contributed by atoms with E-state index in [0.717, 1.165) is 106 Å². The molecule has 2 heterocycles. The minimum absolute atomic E-state index is 0.145. The number of piperazine rings is 1. The molecule has 0 spiro atoms. The summed E-state index contributed by atoms with van der Waals surface area (Å²) in [6.07, 6.45) is 7.63. The van der Waals surface area contributed by atoms with E-state index in [2.05, 4.69) is 23.7 Å². The van der Waals surface area contributed by atoms with E-state index in [1.165, 1.54) is 19.4 Å². The number of hydrogen-bond donors (Lipinski definition) is 1. The van der Waals surface area contributed by atoms with Gasteiger partial charge in [0.2, 0.25) is 0 Å². The summed E-state index contributed by atoms with van der Waals surface area (Å²) in [6.45, 7) is 12.8. The Morgan fingerprint density at radius 1 is 0.938 bits per heavy atom. The highest BCUT2D eigenvalue weighted by Gasteiger charge is 2.36. The van der Waals surface area contributed by atoms with Crippen molar-refractivity contribution in [3.63, 3.8) is 0 Å². The van der Waals surface area contributed by atoms with Crippen molar-refractivity contribution in [2.24, 2.45) is 0 Å². The maximum atomic E-state index is 13.5. The van der Waals surface area contributed by atoms with Gasteiger partial charge in [0.05, 0.1) is 17.9 Å². The van der Waals surface area contributed by atoms with Crippen LogP contribution in [0.4, 0.5) is 17.6 Å². The molecule has 0 unspecified atom stereocenters. The summed E-state index contributed by atoms with van der Waals surface area (Å²) in [5.41, 5.74) is 1.18. The van der Waals surface area contributed by atoms with E-state index in [4.69, 9.17) is 14.5 Å². The van der Waals surface area contributed by atoms with Gasteiger partial charge in [0.1, 0.15) is 28.9 Å². The maximum Gasteiger partial charge on any atom is 0.419 e. The average molecular weight is 669 g/mol. The minimum Gasteiger partial charge on any atom is -0.494 e. The summed E-state index contributed by atoms with van der Waals surface area (Å²) in [5.74, 6) is 0.355. The van der Waals surface area contributed by atoms with Gasteiger partial charge < -0.3 is 24.3 Å². The number of allylic oxidation sites excluding steroid dienone is 4. The number of hydrogen-bond acceptors (Lipinski definition) is 5. The van der Waals surface area contributed by atoms with Crippen LogP contribution < -0.4 is 14.8 Å². The Morgan fingerprint density at radius 3 is 2.27 bits per heavy atom. The van der Waals surface area contributed by atoms with E-state index in [1.807, 2.05) is 47.2 Å². The van der Waals surface area contributed by atoms with Gasteiger partial charge in [-0.1, -0.05) is 32.8 Å². The van der Waals surface area contributed by atoms with Crippen LogP contribution in [0.2, 0.25) is 0 Å². The molecule has 4 rings (SSSR count). The molecule has 48 heavy (non-hydrogen) atoms. The Labute approximate surface area is 282 Å². The SMILES string of the molecule is C=C(F)/C(=C\C(=C/C)Oc1ccc(-n2cc(-c3ccc(OCCCCCN4CCNCC4)cc3)nc2CCCCCC)cc1)C(F)(F)F. The third-order valence-electron chi connectivity index (χ3n) is 8.30. The van der Waals surface area contributed by atoms with E-state index in [1.54, 1.807) is 12.1 Å². The van der Waals surface area contributed by atoms with Crippen molar-refractivity contribution in [2.45, 2.75) is 71.4 Å². The Kier molecular flexibility index (Phi) is 14.3. The van der Waals surface area contributed by atoms with Crippen LogP contribution in [0.25, 0.3) is 16.9 Å². The van der Waals surface area contributed by atoms with Crippen LogP contribution in [0.3, 0.4) is 0 Å². The molecule has 6 nitrogen and oxygen atoms in total. The van der Waals surface area contributed by atoms with Gasteiger partial charge in [-0.3, -0.25) is 0 Å². The van der Waals surface area contributed by atoms with Crippen LogP contribution in [-0.4, -0.2) is 60.0 Å². The number of ether oxygens (including phenoxy) is 2. The highest BCUT2D eigenvalue weighted by Crippen LogP contribution is 2.33. The van der Waals surface area contributed by atoms with E-state index in [9.17, 15) is 17.6 Å². The summed E-state index contributed by atoms with van der Waals surface area (Å²) in [4.78, 5) is 7.51. The highest BCUT2D eigenvalue weighted by molar-refractivity contribution is 5.61. The van der Waals surface area contributed by atoms with Gasteiger partial charge in [0.15, 0.2) is 0 Å². The summed E-state index contributed by atoms with van der Waals surface area (Å²) in [5, 5.41) is 3.39. The lowest BCUT2D eigenvalue weighted by atomic mass is 10.1. The molecule has 1 aliphatic rings. The standard InChI is InChI=1S/C38H48F4N4O2/c1-4-6-7-9-12-37-44-36(30-13-17-33(18-14-30)47-26-11-8-10-23-45-24-21-43-22-25-45)28-46(37)31-15-19-34(20-16-31)48-32(5-2)27-35(29(3)39)38(40,41)42/h5,13-20,27-28,43H,3-4,6-12,21-26H2,1-2H3/b32-5+,35-27+. The molecule has 0 amide bonds. The molecule has 0 bridgehead atoms. The van der Waals surface area contributed by atoms with Crippen molar-refractivity contribution in [1.29, 1.82) is 0 Å². The van der Waals surface area contributed by atoms with Crippen LogP contribution in [-0.2, 0) is 6.42 Å². The van der Waals surface area contributed by atoms with Crippen molar-refractivity contribution in [1.82, 2.24) is 19.8 Å². The summed E-state index contributed by atoms with van der Waals surface area (Å²) in [7, 11) is 0. The average Bonchev–Trinajstić information content (AvgIpc) is 3.51. The van der Waals surface area contributed by atoms with Crippen LogP contribution in [0.1, 0.15) is 64.6 Å². The minimum atomic E-state index is -4.89. The zero-order chi connectivity index (χ0) is 34.4. The molecule has 10 heteroatoms. The Bertz CT molecular complexity index is 1490. The van der Waals surface area contributed by atoms with Gasteiger partial charge in [-0.15, -0.1) is 0 Å². The van der Waals surface area contributed by atoms with E-state index in [-0.39, 0.29) is 5.76 Å². The van der Waals surface area contributed by atoms with Gasteiger partial charge >= 0.3 is 6.18 Å². The Morgan fingerprint density at radius 2 is 1.62 bits per heavy atom. The summed E-state index contributed by atoms with van der Waals surface area (Å²) >= 11 is 0. The zero-order valence-corrected chi connectivity index (χ0v) is 28.1. The molecular formula is C38H48F4N4O2. The van der Waals surface area contributed by atoms with Gasteiger partial charge in [0.25, 0.3) is 0 Å². The number of nitrogens with zero attached hydrogens (tertiary/aromatic N) is 3. The highest BCUT2D eigenvalue weighted by atomic mass is 19.4. The van der Waals surface area contributed by atoms with Crippen molar-refractivity contribution in [3.8, 4) is 28.4 Å². The largest absolute Gasteiger partial charge is 0.494 e. The second kappa shape index (κ2) is 18.6. The number of unbranched alkanes of at least 4 members (excludes halogenated alkanes) is 5. The Balaban J connectivity index is 1.40. The fourth-order valence-electron chi connectivity index (χ4n) is 5.57. The second-order valence-corrected chi connectivity index (χ2v) is 12.0. The van der Waals surface area contributed by atoms with Crippen molar-refractivity contribution >= 4 is 0 Å². The first-order chi connectivity index (χ1) is 23.2. The molecule has 0 atom stereocenters. The third-order valence-corrected chi connectivity index (χ3v) is 8.30. The number of nitrogens with one attached hydrogen (secondary N) is 1. The van der Waals surface area contributed by atoms with Gasteiger partial charge in [-0.05, 0) is 99.8 Å². The monoisotopic (exact) mass is 668 g/mol. The molecule has 0 saturated carbocycles. The molecule has 0 aliphatic carbocycles. The quantitative estimate of drug-likeness (QED) is 0.0634. The molecule has 2 aromatic carbocycles. The molecule has 1 N–H and O–H groups in total. The molecule has 260 valence electrons. The van der Waals surface area contributed by atoms with Gasteiger partial charge in [-0.2, -0.15) is 13.2 Å². The predicted octanol–water partition coefficient (Wildman–Crippen LogP) is 9.37. The second-order valence-electron chi connectivity index (χ2n) is 12.0. The van der Waals surface area contributed by atoms with E-state index >= 15 is 0 Å². The third kappa shape index (κ3) is 11.4. The summed E-state index contributed by atoms with van der Waals surface area (Å²) < 4.78 is 66.9. The predicted molar refractivity (Wildman–Crippen MR) is 184 cm³/mol. The van der Waals surface area contributed by atoms with Crippen LogP contribution >= 0.6 is 0 Å². The van der Waals surface area contributed by atoms with Crippen LogP contribution in [0.15, 0.2) is 90.6 Å². The zero-order valence-electron chi connectivity index (χ0n) is 28.1. The van der Waals surface area contributed by atoms with Crippen LogP contribution in [0.5, 0.6) is 11.5 Å². The van der Waals surface area contributed by atoms with Crippen molar-refractivity contribution in [2.75, 3.05) is 39.3 Å². The first-order valence-electron chi connectivity index (χ1n) is 17.0. The molecular weight excluding hydrogens is 620 g/mol. The van der Waals surface area contributed by atoms with Gasteiger partial charge in [0, 0.05) is 50.0 Å². The number of aryl methyl sites for hydroxylation is 1. The van der Waals surface area contributed by atoms with Crippen LogP contribution in [0, 0.1) is 0 Å². The molecule has 3 aromatic rings. The lowest BCUT2D eigenvalue weighted by Gasteiger charge is -2.26. The first kappa shape index (κ1) is 36.9. The molecule has 1 fully saturated rings. The van der Waals surface area contributed by atoms with E-state index in [0.29, 0.717) is 18.4 Å². The fourth-order valence-corrected chi connectivity index (χ4v) is 5.57. The summed E-state index contributed by atoms with van der Waals surface area (Å²) in [6, 6.07) is 15.0. The van der Waals surface area contributed by atoms with E-state index < -0.39 is 17.6 Å². The first-order valence-corrected chi connectivity index (χ1v) is 17.0. The lowest BCUT2D eigenvalue weighted by Crippen LogP contribution is -2.43. The lowest BCUT2D eigenvalue weighted by molar-refractivity contribution is -0.0911. The number of aromatic nitrogens is 2. The number of halogens is 4. The van der Waals surface area contributed by atoms with Gasteiger partial charge in [-0.25, -0.2) is 9.37 Å². The maximum absolute atomic E-state index is 13.5. The number of imidazole rings is 1.